The SMILES string of the molecule is [N-]=[N+]=NCC1CC(=O)N(Cc2cnc3ccccn23)C1. The summed E-state index contributed by atoms with van der Waals surface area (Å²) in [4.78, 5) is 20.8. The fraction of sp³-hybridized carbons (Fsp3) is 0.385. The molecule has 0 N–H and O–H groups in total. The summed E-state index contributed by atoms with van der Waals surface area (Å²) in [5.41, 5.74) is 10.2. The van der Waals surface area contributed by atoms with E-state index in [1.54, 1.807) is 11.1 Å². The Labute approximate surface area is 115 Å². The number of azide groups is 1. The van der Waals surface area contributed by atoms with Crippen LogP contribution in [0.1, 0.15) is 12.1 Å². The predicted molar refractivity (Wildman–Crippen MR) is 72.7 cm³/mol. The highest BCUT2D eigenvalue weighted by Crippen LogP contribution is 2.21. The number of hydrogen-bond acceptors (Lipinski definition) is 3. The van der Waals surface area contributed by atoms with Crippen molar-refractivity contribution in [1.82, 2.24) is 14.3 Å². The summed E-state index contributed by atoms with van der Waals surface area (Å²) in [6, 6.07) is 5.80. The lowest BCUT2D eigenvalue weighted by molar-refractivity contribution is -0.128. The minimum absolute atomic E-state index is 0.106. The lowest BCUT2D eigenvalue weighted by atomic mass is 10.1. The molecule has 3 heterocycles. The third-order valence-electron chi connectivity index (χ3n) is 3.54. The Balaban J connectivity index is 1.74. The van der Waals surface area contributed by atoms with Crippen LogP contribution in [0.3, 0.4) is 0 Å². The topological polar surface area (TPSA) is 86.4 Å². The minimum atomic E-state index is 0.106. The molecule has 0 spiro atoms. The number of fused-ring (bicyclic) bond motifs is 1. The van der Waals surface area contributed by atoms with Crippen molar-refractivity contribution >= 4 is 11.6 Å². The Morgan fingerprint density at radius 3 is 3.25 bits per heavy atom. The largest absolute Gasteiger partial charge is 0.337 e. The molecular formula is C13H14N6O. The first kappa shape index (κ1) is 12.5. The molecule has 1 unspecified atom stereocenters. The van der Waals surface area contributed by atoms with E-state index in [0.717, 1.165) is 11.3 Å². The van der Waals surface area contributed by atoms with E-state index < -0.39 is 0 Å². The van der Waals surface area contributed by atoms with Gasteiger partial charge in [-0.2, -0.15) is 0 Å². The second-order valence-corrected chi connectivity index (χ2v) is 4.94. The third kappa shape index (κ3) is 2.31. The molecule has 102 valence electrons. The number of aromatic nitrogens is 2. The zero-order valence-corrected chi connectivity index (χ0v) is 10.9. The zero-order chi connectivity index (χ0) is 13.9. The Morgan fingerprint density at radius 1 is 1.50 bits per heavy atom. The maximum atomic E-state index is 12.0. The third-order valence-corrected chi connectivity index (χ3v) is 3.54. The standard InChI is InChI=1S/C13H14N6O/c14-17-16-6-10-5-13(20)18(8-10)9-11-7-15-12-3-1-2-4-19(11)12/h1-4,7,10H,5-6,8-9H2. The van der Waals surface area contributed by atoms with Crippen molar-refractivity contribution in [3.8, 4) is 0 Å². The van der Waals surface area contributed by atoms with E-state index in [-0.39, 0.29) is 11.8 Å². The van der Waals surface area contributed by atoms with E-state index in [2.05, 4.69) is 15.0 Å². The highest BCUT2D eigenvalue weighted by atomic mass is 16.2. The molecule has 0 radical (unpaired) electrons. The number of carbonyl (C=O) groups is 1. The molecule has 1 atom stereocenters. The van der Waals surface area contributed by atoms with Gasteiger partial charge in [0.1, 0.15) is 5.65 Å². The molecule has 7 heteroatoms. The Bertz CT molecular complexity index is 687. The average molecular weight is 270 g/mol. The van der Waals surface area contributed by atoms with Crippen molar-refractivity contribution in [1.29, 1.82) is 0 Å². The van der Waals surface area contributed by atoms with E-state index in [1.807, 2.05) is 28.8 Å². The highest BCUT2D eigenvalue weighted by Gasteiger charge is 2.29. The zero-order valence-electron chi connectivity index (χ0n) is 10.9. The summed E-state index contributed by atoms with van der Waals surface area (Å²) in [6.45, 7) is 1.56. The molecule has 3 rings (SSSR count). The van der Waals surface area contributed by atoms with E-state index in [9.17, 15) is 4.79 Å². The second kappa shape index (κ2) is 5.22. The van der Waals surface area contributed by atoms with Crippen LogP contribution in [0.2, 0.25) is 0 Å². The van der Waals surface area contributed by atoms with Crippen LogP contribution in [-0.4, -0.2) is 33.3 Å². The van der Waals surface area contributed by atoms with Crippen LogP contribution in [0.4, 0.5) is 0 Å². The van der Waals surface area contributed by atoms with Crippen LogP contribution < -0.4 is 0 Å². The van der Waals surface area contributed by atoms with Gasteiger partial charge in [0.15, 0.2) is 0 Å². The van der Waals surface area contributed by atoms with E-state index in [1.165, 1.54) is 0 Å². The van der Waals surface area contributed by atoms with Crippen LogP contribution >= 0.6 is 0 Å². The van der Waals surface area contributed by atoms with Crippen LogP contribution in [0.5, 0.6) is 0 Å². The van der Waals surface area contributed by atoms with Gasteiger partial charge in [-0.1, -0.05) is 11.2 Å². The monoisotopic (exact) mass is 270 g/mol. The molecule has 2 aromatic rings. The molecule has 20 heavy (non-hydrogen) atoms. The summed E-state index contributed by atoms with van der Waals surface area (Å²) in [6.07, 6.45) is 4.19. The molecule has 1 fully saturated rings. The number of nitrogens with zero attached hydrogens (tertiary/aromatic N) is 6. The van der Waals surface area contributed by atoms with Gasteiger partial charge in [0.25, 0.3) is 0 Å². The molecule has 0 aromatic carbocycles. The van der Waals surface area contributed by atoms with Crippen molar-refractivity contribution < 1.29 is 4.79 Å². The summed E-state index contributed by atoms with van der Waals surface area (Å²) in [5, 5.41) is 3.55. The first-order chi connectivity index (χ1) is 9.78. The molecule has 0 saturated carbocycles. The first-order valence-electron chi connectivity index (χ1n) is 6.47. The van der Waals surface area contributed by atoms with Gasteiger partial charge in [-0.15, -0.1) is 0 Å². The van der Waals surface area contributed by atoms with Gasteiger partial charge in [-0.05, 0) is 23.6 Å². The lowest BCUT2D eigenvalue weighted by Gasteiger charge is -2.15. The van der Waals surface area contributed by atoms with Crippen LogP contribution in [0.15, 0.2) is 35.7 Å². The number of carbonyl (C=O) groups excluding carboxylic acids is 1. The van der Waals surface area contributed by atoms with Gasteiger partial charge < -0.3 is 9.30 Å². The summed E-state index contributed by atoms with van der Waals surface area (Å²) < 4.78 is 1.98. The van der Waals surface area contributed by atoms with Gasteiger partial charge in [-0.3, -0.25) is 4.79 Å². The lowest BCUT2D eigenvalue weighted by Crippen LogP contribution is -2.25. The number of imidazole rings is 1. The maximum Gasteiger partial charge on any atom is 0.223 e. The molecule has 1 amide bonds. The molecule has 1 saturated heterocycles. The molecule has 7 nitrogen and oxygen atoms in total. The number of hydrogen-bond donors (Lipinski definition) is 0. The van der Waals surface area contributed by atoms with Gasteiger partial charge in [-0.25, -0.2) is 4.98 Å². The molecule has 0 aliphatic carbocycles. The van der Waals surface area contributed by atoms with Crippen molar-refractivity contribution in [2.75, 3.05) is 13.1 Å². The van der Waals surface area contributed by atoms with Crippen LogP contribution in [0.25, 0.3) is 16.1 Å². The Kier molecular flexibility index (Phi) is 3.26. The normalized spacial score (nSPS) is 18.5. The number of amides is 1. The smallest absolute Gasteiger partial charge is 0.223 e. The van der Waals surface area contributed by atoms with Crippen molar-refractivity contribution in [3.63, 3.8) is 0 Å². The highest BCUT2D eigenvalue weighted by molar-refractivity contribution is 5.78. The molecule has 2 aromatic heterocycles. The molecular weight excluding hydrogens is 256 g/mol. The predicted octanol–water partition coefficient (Wildman–Crippen LogP) is 1.99. The fourth-order valence-corrected chi connectivity index (χ4v) is 2.58. The van der Waals surface area contributed by atoms with Gasteiger partial charge in [0.05, 0.1) is 18.4 Å². The first-order valence-corrected chi connectivity index (χ1v) is 6.47. The summed E-state index contributed by atoms with van der Waals surface area (Å²) in [5.74, 6) is 0.228. The van der Waals surface area contributed by atoms with Crippen LogP contribution in [-0.2, 0) is 11.3 Å². The molecule has 1 aliphatic rings. The van der Waals surface area contributed by atoms with Crippen molar-refractivity contribution in [2.24, 2.45) is 11.0 Å². The van der Waals surface area contributed by atoms with Crippen LogP contribution in [0, 0.1) is 5.92 Å². The Hall–Kier alpha value is -2.53. The van der Waals surface area contributed by atoms with Crippen molar-refractivity contribution in [2.45, 2.75) is 13.0 Å². The summed E-state index contributed by atoms with van der Waals surface area (Å²) in [7, 11) is 0. The van der Waals surface area contributed by atoms with E-state index in [0.29, 0.717) is 26.1 Å². The fourth-order valence-electron chi connectivity index (χ4n) is 2.58. The average Bonchev–Trinajstić information content (AvgIpc) is 3.02. The van der Waals surface area contributed by atoms with Crippen molar-refractivity contribution in [3.05, 3.63) is 46.7 Å². The number of pyridine rings is 1. The van der Waals surface area contributed by atoms with Gasteiger partial charge in [0, 0.05) is 30.6 Å². The van der Waals surface area contributed by atoms with E-state index >= 15 is 0 Å². The number of rotatable bonds is 4. The molecule has 1 aliphatic heterocycles. The maximum absolute atomic E-state index is 12.0. The minimum Gasteiger partial charge on any atom is -0.337 e. The summed E-state index contributed by atoms with van der Waals surface area (Å²) >= 11 is 0. The quantitative estimate of drug-likeness (QED) is 0.483. The van der Waals surface area contributed by atoms with Gasteiger partial charge >= 0.3 is 0 Å². The van der Waals surface area contributed by atoms with E-state index in [4.69, 9.17) is 5.53 Å². The molecule has 0 bridgehead atoms. The van der Waals surface area contributed by atoms with Gasteiger partial charge in [0.2, 0.25) is 5.91 Å². The Morgan fingerprint density at radius 2 is 2.40 bits per heavy atom. The number of likely N-dealkylation sites (tertiary alicyclic amines) is 1. The second-order valence-electron chi connectivity index (χ2n) is 4.94.